The molecule has 0 radical (unpaired) electrons. The summed E-state index contributed by atoms with van der Waals surface area (Å²) in [7, 11) is 1.40. The third-order valence-corrected chi connectivity index (χ3v) is 13.6. The Labute approximate surface area is 319 Å². The summed E-state index contributed by atoms with van der Waals surface area (Å²) in [5.74, 6) is 0. The zero-order chi connectivity index (χ0) is 36.9. The molecule has 19 heteroatoms. The number of ether oxygens (including phenoxy) is 2. The summed E-state index contributed by atoms with van der Waals surface area (Å²) in [5, 5.41) is 26.8. The number of carbonyl (C=O) groups excluding carboxylic acids is 3. The van der Waals surface area contributed by atoms with E-state index in [9.17, 15) is 19.5 Å². The van der Waals surface area contributed by atoms with E-state index in [0.29, 0.717) is 59.3 Å². The SMILES string of the molecule is C[Si](C)(C)CCOCn1nc(C=O)cc1C=O.Cn1ncc(C(O)c2cc(C=O)n(COCC[Si](C)(C)C)n2)c1Br.Cn1ncc(I)c1Br. The van der Waals surface area contributed by atoms with E-state index in [4.69, 9.17) is 9.47 Å². The van der Waals surface area contributed by atoms with Crippen LogP contribution in [0.25, 0.3) is 0 Å². The first kappa shape index (κ1) is 43.0. The van der Waals surface area contributed by atoms with Crippen LogP contribution >= 0.6 is 54.5 Å². The van der Waals surface area contributed by atoms with Crippen molar-refractivity contribution >= 4 is 89.5 Å². The molecule has 270 valence electrons. The number of halogens is 3. The van der Waals surface area contributed by atoms with Crippen molar-refractivity contribution in [2.24, 2.45) is 14.1 Å². The molecule has 0 amide bonds. The Morgan fingerprint density at radius 3 is 1.67 bits per heavy atom. The van der Waals surface area contributed by atoms with Crippen LogP contribution in [0, 0.1) is 3.57 Å². The minimum atomic E-state index is -1.16. The molecule has 0 fully saturated rings. The number of hydrogen-bond acceptors (Lipinski definition) is 10. The van der Waals surface area contributed by atoms with E-state index in [2.05, 4.69) is 114 Å². The second-order valence-electron chi connectivity index (χ2n) is 13.4. The molecule has 49 heavy (non-hydrogen) atoms. The molecule has 1 N–H and O–H groups in total. The van der Waals surface area contributed by atoms with Gasteiger partial charge < -0.3 is 14.6 Å². The highest BCUT2D eigenvalue weighted by Gasteiger charge is 2.21. The maximum Gasteiger partial charge on any atom is 0.170 e. The van der Waals surface area contributed by atoms with E-state index in [-0.39, 0.29) is 19.2 Å². The fourth-order valence-electron chi connectivity index (χ4n) is 3.73. The Morgan fingerprint density at radius 1 is 0.796 bits per heavy atom. The molecule has 4 heterocycles. The van der Waals surface area contributed by atoms with Crippen molar-refractivity contribution in [3.63, 3.8) is 0 Å². The Kier molecular flexibility index (Phi) is 17.6. The number of aliphatic hydroxyl groups excluding tert-OH is 1. The van der Waals surface area contributed by atoms with Gasteiger partial charge in [0.15, 0.2) is 18.9 Å². The predicted molar refractivity (Wildman–Crippen MR) is 207 cm³/mol. The van der Waals surface area contributed by atoms with Gasteiger partial charge in [-0.3, -0.25) is 23.7 Å². The van der Waals surface area contributed by atoms with E-state index >= 15 is 0 Å². The molecule has 0 aliphatic rings. The van der Waals surface area contributed by atoms with E-state index in [1.165, 1.54) is 15.4 Å². The summed E-state index contributed by atoms with van der Waals surface area (Å²) in [5.41, 5.74) is 1.97. The van der Waals surface area contributed by atoms with Gasteiger partial charge in [0.05, 0.1) is 21.7 Å². The fraction of sp³-hybridized carbons (Fsp3) is 0.500. The van der Waals surface area contributed by atoms with E-state index in [0.717, 1.165) is 20.3 Å². The summed E-state index contributed by atoms with van der Waals surface area (Å²) in [4.78, 5) is 32.5. The largest absolute Gasteiger partial charge is 0.382 e. The molecule has 4 rings (SSSR count). The van der Waals surface area contributed by atoms with Gasteiger partial charge in [-0.05, 0) is 78.7 Å². The summed E-state index contributed by atoms with van der Waals surface area (Å²) in [6, 6.07) is 5.12. The molecule has 0 spiro atoms. The van der Waals surface area contributed by atoms with Crippen LogP contribution in [0.5, 0.6) is 0 Å². The van der Waals surface area contributed by atoms with E-state index in [1.807, 2.05) is 13.2 Å². The Bertz CT molecular complexity index is 1640. The molecule has 0 saturated heterocycles. The van der Waals surface area contributed by atoms with Gasteiger partial charge in [0.1, 0.15) is 45.9 Å². The van der Waals surface area contributed by atoms with Gasteiger partial charge in [-0.15, -0.1) is 0 Å². The van der Waals surface area contributed by atoms with Crippen molar-refractivity contribution in [1.82, 2.24) is 39.1 Å². The minimum Gasteiger partial charge on any atom is -0.382 e. The summed E-state index contributed by atoms with van der Waals surface area (Å²) < 4.78 is 20.2. The Morgan fingerprint density at radius 2 is 1.29 bits per heavy atom. The third-order valence-electron chi connectivity index (χ3n) is 6.73. The summed E-state index contributed by atoms with van der Waals surface area (Å²) in [6.07, 6.45) is 4.41. The smallest absolute Gasteiger partial charge is 0.170 e. The molecule has 1 unspecified atom stereocenters. The summed E-state index contributed by atoms with van der Waals surface area (Å²) in [6.45, 7) is 15.4. The van der Waals surface area contributed by atoms with Crippen LogP contribution in [0.1, 0.15) is 48.8 Å². The van der Waals surface area contributed by atoms with Crippen molar-refractivity contribution in [2.45, 2.75) is 70.9 Å². The van der Waals surface area contributed by atoms with Gasteiger partial charge in [-0.1, -0.05) is 39.3 Å². The first-order valence-corrected chi connectivity index (χ1v) is 25.3. The zero-order valence-corrected chi connectivity index (χ0v) is 36.4. The number of aldehydes is 3. The quantitative estimate of drug-likeness (QED) is 0.0630. The van der Waals surface area contributed by atoms with Crippen LogP contribution in [0.15, 0.2) is 33.7 Å². The van der Waals surface area contributed by atoms with Crippen LogP contribution < -0.4 is 0 Å². The van der Waals surface area contributed by atoms with Gasteiger partial charge in [0, 0.05) is 49.0 Å². The van der Waals surface area contributed by atoms with Crippen LogP contribution in [-0.4, -0.2) is 92.4 Å². The first-order chi connectivity index (χ1) is 22.9. The number of hydrogen-bond donors (Lipinski definition) is 1. The minimum absolute atomic E-state index is 0.194. The molecule has 4 aromatic rings. The monoisotopic (exact) mass is 954 g/mol. The van der Waals surface area contributed by atoms with Gasteiger partial charge in [0.25, 0.3) is 0 Å². The molecule has 0 aromatic carbocycles. The number of carbonyl (C=O) groups is 3. The number of aromatic nitrogens is 8. The molecule has 0 aliphatic carbocycles. The summed E-state index contributed by atoms with van der Waals surface area (Å²) >= 11 is 8.93. The highest BCUT2D eigenvalue weighted by atomic mass is 127. The molecular weight excluding hydrogens is 911 g/mol. The molecule has 1 atom stereocenters. The second-order valence-corrected chi connectivity index (χ2v) is 27.3. The van der Waals surface area contributed by atoms with Crippen LogP contribution in [0.3, 0.4) is 0 Å². The molecular formula is C30H45Br2IN8O6Si2. The van der Waals surface area contributed by atoms with Gasteiger partial charge >= 0.3 is 0 Å². The lowest BCUT2D eigenvalue weighted by molar-refractivity contribution is 0.0743. The first-order valence-electron chi connectivity index (χ1n) is 15.3. The predicted octanol–water partition coefficient (Wildman–Crippen LogP) is 6.19. The number of aliphatic hydroxyl groups is 1. The highest BCUT2D eigenvalue weighted by Crippen LogP contribution is 2.27. The van der Waals surface area contributed by atoms with Crippen molar-refractivity contribution < 1.29 is 29.0 Å². The lowest BCUT2D eigenvalue weighted by atomic mass is 10.1. The van der Waals surface area contributed by atoms with E-state index in [1.54, 1.807) is 28.7 Å². The molecule has 0 aliphatic heterocycles. The molecule has 14 nitrogen and oxygen atoms in total. The lowest BCUT2D eigenvalue weighted by Crippen LogP contribution is -2.22. The topological polar surface area (TPSA) is 161 Å². The maximum absolute atomic E-state index is 11.2. The van der Waals surface area contributed by atoms with Crippen LogP contribution in [-0.2, 0) is 37.0 Å². The number of nitrogens with zero attached hydrogens (tertiary/aromatic N) is 8. The van der Waals surface area contributed by atoms with Gasteiger partial charge in [0.2, 0.25) is 0 Å². The lowest BCUT2D eigenvalue weighted by Gasteiger charge is -2.15. The van der Waals surface area contributed by atoms with Gasteiger partial charge in [-0.25, -0.2) is 9.36 Å². The standard InChI is InChI=1S/C15H23BrN4O3Si.C11H18N2O3Si.C4H4BrIN2/c1-19-15(16)12(8-17-19)14(22)13-7-11(9-21)20(18-13)10-23-5-6-24(2,3)4;1-17(2,3)5-4-16-9-13-11(8-15)6-10(7-14)12-13;1-8-4(5)3(6)2-7-8/h7-9,14,22H,5-6,10H2,1-4H3;6-8H,4-5,9H2,1-3H3;2H,1H3. The van der Waals surface area contributed by atoms with Crippen molar-refractivity contribution in [1.29, 1.82) is 0 Å². The van der Waals surface area contributed by atoms with Crippen LogP contribution in [0.2, 0.25) is 51.4 Å². The Hall–Kier alpha value is -2.15. The maximum atomic E-state index is 11.2. The van der Waals surface area contributed by atoms with Crippen molar-refractivity contribution in [3.8, 4) is 0 Å². The fourth-order valence-corrected chi connectivity index (χ4v) is 6.32. The molecule has 0 saturated carbocycles. The van der Waals surface area contributed by atoms with Crippen molar-refractivity contribution in [2.75, 3.05) is 13.2 Å². The normalized spacial score (nSPS) is 12.1. The zero-order valence-electron chi connectivity index (χ0n) is 29.1. The third kappa shape index (κ3) is 14.5. The van der Waals surface area contributed by atoms with Crippen molar-refractivity contribution in [3.05, 3.63) is 65.6 Å². The molecule has 0 bridgehead atoms. The second kappa shape index (κ2) is 20.0. The average Bonchev–Trinajstić information content (AvgIpc) is 3.80. The molecule has 4 aromatic heterocycles. The number of aryl methyl sites for hydroxylation is 2. The van der Waals surface area contributed by atoms with E-state index < -0.39 is 22.3 Å². The number of rotatable bonds is 15. The Balaban J connectivity index is 0.000000288. The average molecular weight is 957 g/mol. The van der Waals surface area contributed by atoms with Crippen LogP contribution in [0.4, 0.5) is 0 Å². The van der Waals surface area contributed by atoms with Gasteiger partial charge in [-0.2, -0.15) is 20.4 Å². The highest BCUT2D eigenvalue weighted by molar-refractivity contribution is 14.1.